The van der Waals surface area contributed by atoms with Crippen LogP contribution in [0.25, 0.3) is 0 Å². The van der Waals surface area contributed by atoms with Gasteiger partial charge < -0.3 is 15.1 Å². The van der Waals surface area contributed by atoms with E-state index < -0.39 is 5.97 Å². The number of aliphatic hydroxyl groups is 1. The Kier molecular flexibility index (Phi) is 4.09. The Morgan fingerprint density at radius 2 is 2.28 bits per heavy atom. The number of carbonyl (C=O) groups is 1. The molecule has 2 N–H and O–H groups in total. The molecule has 2 rings (SSSR count). The summed E-state index contributed by atoms with van der Waals surface area (Å²) in [6.45, 7) is 2.06. The molecular formula is C12H17N3O3. The van der Waals surface area contributed by atoms with Gasteiger partial charge in [0.1, 0.15) is 5.82 Å². The van der Waals surface area contributed by atoms with Crippen LogP contribution in [0.3, 0.4) is 0 Å². The lowest BCUT2D eigenvalue weighted by Gasteiger charge is -2.16. The Hall–Kier alpha value is -1.69. The Morgan fingerprint density at radius 3 is 2.89 bits per heavy atom. The van der Waals surface area contributed by atoms with E-state index in [1.54, 1.807) is 0 Å². The van der Waals surface area contributed by atoms with E-state index in [-0.39, 0.29) is 12.3 Å². The van der Waals surface area contributed by atoms with Crippen LogP contribution >= 0.6 is 0 Å². The summed E-state index contributed by atoms with van der Waals surface area (Å²) in [5.74, 6) is 0.251. The zero-order chi connectivity index (χ0) is 13.0. The predicted octanol–water partition coefficient (Wildman–Crippen LogP) is 0.774. The van der Waals surface area contributed by atoms with Crippen molar-refractivity contribution < 1.29 is 15.0 Å². The molecule has 1 unspecified atom stereocenters. The molecule has 2 heterocycles. The molecular weight excluding hydrogens is 234 g/mol. The molecule has 6 heteroatoms. The van der Waals surface area contributed by atoms with Crippen molar-refractivity contribution in [3.05, 3.63) is 18.1 Å². The number of anilines is 1. The highest BCUT2D eigenvalue weighted by atomic mass is 16.4. The maximum absolute atomic E-state index is 10.7. The molecule has 1 atom stereocenters. The Labute approximate surface area is 105 Å². The smallest absolute Gasteiger partial charge is 0.356 e. The summed E-state index contributed by atoms with van der Waals surface area (Å²) in [7, 11) is 0. The third kappa shape index (κ3) is 2.95. The molecule has 0 aromatic carbocycles. The summed E-state index contributed by atoms with van der Waals surface area (Å²) in [5.41, 5.74) is -0.0326. The van der Waals surface area contributed by atoms with Crippen LogP contribution in [0.2, 0.25) is 0 Å². The van der Waals surface area contributed by atoms with E-state index in [1.165, 1.54) is 12.4 Å². The zero-order valence-electron chi connectivity index (χ0n) is 10.1. The standard InChI is InChI=1S/C12H17N3O3/c16-5-1-2-9-3-4-15(8-9)11-7-13-10(6-14-11)12(17)18/h6-7,9,16H,1-5,8H2,(H,17,18). The quantitative estimate of drug-likeness (QED) is 0.804. The van der Waals surface area contributed by atoms with Gasteiger partial charge in [0.15, 0.2) is 5.69 Å². The van der Waals surface area contributed by atoms with Crippen molar-refractivity contribution in [1.29, 1.82) is 0 Å². The van der Waals surface area contributed by atoms with E-state index in [9.17, 15) is 4.79 Å². The van der Waals surface area contributed by atoms with Crippen molar-refractivity contribution in [3.8, 4) is 0 Å². The van der Waals surface area contributed by atoms with Crippen LogP contribution in [0.15, 0.2) is 12.4 Å². The van der Waals surface area contributed by atoms with Gasteiger partial charge in [-0.2, -0.15) is 0 Å². The van der Waals surface area contributed by atoms with Gasteiger partial charge in [0.25, 0.3) is 0 Å². The Bertz CT molecular complexity index is 408. The van der Waals surface area contributed by atoms with Gasteiger partial charge in [-0.1, -0.05) is 0 Å². The lowest BCUT2D eigenvalue weighted by atomic mass is 10.0. The minimum absolute atomic E-state index is 0.0326. The number of nitrogens with zero attached hydrogens (tertiary/aromatic N) is 3. The van der Waals surface area contributed by atoms with Crippen molar-refractivity contribution in [2.45, 2.75) is 19.3 Å². The third-order valence-corrected chi connectivity index (χ3v) is 3.24. The molecule has 0 bridgehead atoms. The van der Waals surface area contributed by atoms with Crippen LogP contribution < -0.4 is 4.90 Å². The molecule has 0 amide bonds. The van der Waals surface area contributed by atoms with Gasteiger partial charge >= 0.3 is 5.97 Å². The molecule has 0 radical (unpaired) electrons. The van der Waals surface area contributed by atoms with E-state index in [2.05, 4.69) is 14.9 Å². The van der Waals surface area contributed by atoms with E-state index >= 15 is 0 Å². The van der Waals surface area contributed by atoms with Gasteiger partial charge in [-0.15, -0.1) is 0 Å². The summed E-state index contributed by atoms with van der Waals surface area (Å²) in [4.78, 5) is 20.8. The predicted molar refractivity (Wildman–Crippen MR) is 65.6 cm³/mol. The van der Waals surface area contributed by atoms with Crippen molar-refractivity contribution in [1.82, 2.24) is 9.97 Å². The van der Waals surface area contributed by atoms with E-state index in [4.69, 9.17) is 10.2 Å². The normalized spacial score (nSPS) is 19.2. The summed E-state index contributed by atoms with van der Waals surface area (Å²) >= 11 is 0. The fourth-order valence-corrected chi connectivity index (χ4v) is 2.25. The van der Waals surface area contributed by atoms with Crippen molar-refractivity contribution in [2.75, 3.05) is 24.6 Å². The van der Waals surface area contributed by atoms with Crippen LogP contribution in [0.1, 0.15) is 29.8 Å². The maximum atomic E-state index is 10.7. The SMILES string of the molecule is O=C(O)c1cnc(N2CCC(CCCO)C2)cn1. The molecule has 18 heavy (non-hydrogen) atoms. The lowest BCUT2D eigenvalue weighted by molar-refractivity contribution is 0.0690. The molecule has 1 fully saturated rings. The van der Waals surface area contributed by atoms with Gasteiger partial charge in [0, 0.05) is 19.7 Å². The highest BCUT2D eigenvalue weighted by Gasteiger charge is 2.23. The van der Waals surface area contributed by atoms with Crippen LogP contribution in [-0.2, 0) is 0 Å². The highest BCUT2D eigenvalue weighted by Crippen LogP contribution is 2.24. The lowest BCUT2D eigenvalue weighted by Crippen LogP contribution is -2.21. The van der Waals surface area contributed by atoms with Crippen LogP contribution in [0, 0.1) is 5.92 Å². The van der Waals surface area contributed by atoms with E-state index in [1.807, 2.05) is 0 Å². The molecule has 1 aliphatic heterocycles. The fraction of sp³-hybridized carbons (Fsp3) is 0.583. The fourth-order valence-electron chi connectivity index (χ4n) is 2.25. The van der Waals surface area contributed by atoms with Crippen molar-refractivity contribution in [2.24, 2.45) is 5.92 Å². The summed E-state index contributed by atoms with van der Waals surface area (Å²) < 4.78 is 0. The average molecular weight is 251 g/mol. The number of aromatic nitrogens is 2. The second-order valence-electron chi connectivity index (χ2n) is 4.53. The first-order valence-corrected chi connectivity index (χ1v) is 6.12. The van der Waals surface area contributed by atoms with Gasteiger partial charge in [0.2, 0.25) is 0 Å². The summed E-state index contributed by atoms with van der Waals surface area (Å²) in [5, 5.41) is 17.5. The van der Waals surface area contributed by atoms with Crippen molar-refractivity contribution in [3.63, 3.8) is 0 Å². The highest BCUT2D eigenvalue weighted by molar-refractivity contribution is 5.84. The average Bonchev–Trinajstić information content (AvgIpc) is 2.85. The molecule has 1 aliphatic rings. The number of aliphatic hydroxyl groups excluding tert-OH is 1. The second-order valence-corrected chi connectivity index (χ2v) is 4.53. The largest absolute Gasteiger partial charge is 0.476 e. The van der Waals surface area contributed by atoms with Crippen molar-refractivity contribution >= 4 is 11.8 Å². The molecule has 98 valence electrons. The summed E-state index contributed by atoms with van der Waals surface area (Å²) in [6, 6.07) is 0. The molecule has 1 saturated heterocycles. The van der Waals surface area contributed by atoms with Gasteiger partial charge in [-0.25, -0.2) is 14.8 Å². The summed E-state index contributed by atoms with van der Waals surface area (Å²) in [6.07, 6.45) is 5.74. The third-order valence-electron chi connectivity index (χ3n) is 3.24. The van der Waals surface area contributed by atoms with Gasteiger partial charge in [-0.3, -0.25) is 0 Å². The monoisotopic (exact) mass is 251 g/mol. The van der Waals surface area contributed by atoms with Gasteiger partial charge in [-0.05, 0) is 25.2 Å². The molecule has 1 aromatic heterocycles. The number of hydrogen-bond acceptors (Lipinski definition) is 5. The molecule has 6 nitrogen and oxygen atoms in total. The van der Waals surface area contributed by atoms with Crippen LogP contribution in [0.4, 0.5) is 5.82 Å². The molecule has 0 aliphatic carbocycles. The van der Waals surface area contributed by atoms with E-state index in [0.29, 0.717) is 5.92 Å². The second kappa shape index (κ2) is 5.77. The number of rotatable bonds is 5. The minimum Gasteiger partial charge on any atom is -0.476 e. The zero-order valence-corrected chi connectivity index (χ0v) is 10.1. The maximum Gasteiger partial charge on any atom is 0.356 e. The number of aromatic carboxylic acids is 1. The Morgan fingerprint density at radius 1 is 1.44 bits per heavy atom. The molecule has 0 saturated carbocycles. The minimum atomic E-state index is -1.06. The topological polar surface area (TPSA) is 86.5 Å². The Balaban J connectivity index is 1.94. The van der Waals surface area contributed by atoms with Crippen LogP contribution in [-0.4, -0.2) is 45.8 Å². The van der Waals surface area contributed by atoms with Crippen LogP contribution in [0.5, 0.6) is 0 Å². The first kappa shape index (κ1) is 12.8. The van der Waals surface area contributed by atoms with E-state index in [0.717, 1.165) is 38.2 Å². The number of carboxylic acid groups (broad SMARTS) is 1. The first-order chi connectivity index (χ1) is 8.70. The first-order valence-electron chi connectivity index (χ1n) is 6.12. The molecule has 1 aromatic rings. The van der Waals surface area contributed by atoms with Gasteiger partial charge in [0.05, 0.1) is 12.4 Å². The number of hydrogen-bond donors (Lipinski definition) is 2. The molecule has 0 spiro atoms. The number of carboxylic acids is 1.